The van der Waals surface area contributed by atoms with Crippen molar-refractivity contribution in [3.8, 4) is 0 Å². The molecule has 1 aliphatic heterocycles. The number of carbonyl (C=O) groups is 4. The van der Waals surface area contributed by atoms with Crippen molar-refractivity contribution in [2.24, 2.45) is 0 Å². The van der Waals surface area contributed by atoms with Crippen LogP contribution in [0.2, 0.25) is 0 Å². The topological polar surface area (TPSA) is 113 Å². The molecular weight excluding hydrogens is 316 g/mol. The molecule has 1 aromatic rings. The Kier molecular flexibility index (Phi) is 5.89. The molecule has 8 heteroatoms. The molecular formula is C16H18N2O6. The van der Waals surface area contributed by atoms with Gasteiger partial charge in [-0.2, -0.15) is 0 Å². The summed E-state index contributed by atoms with van der Waals surface area (Å²) < 4.78 is 4.97. The number of hydrogen-bond acceptors (Lipinski definition) is 5. The van der Waals surface area contributed by atoms with Crippen LogP contribution in [0.4, 0.5) is 4.79 Å². The molecule has 1 aliphatic rings. The van der Waals surface area contributed by atoms with E-state index in [4.69, 9.17) is 9.84 Å². The van der Waals surface area contributed by atoms with Crippen LogP contribution >= 0.6 is 0 Å². The minimum absolute atomic E-state index is 0.0573. The van der Waals surface area contributed by atoms with Crippen molar-refractivity contribution in [3.63, 3.8) is 0 Å². The highest BCUT2D eigenvalue weighted by Crippen LogP contribution is 2.15. The van der Waals surface area contributed by atoms with E-state index >= 15 is 0 Å². The Labute approximate surface area is 138 Å². The third-order valence-corrected chi connectivity index (χ3v) is 3.59. The molecule has 2 amide bonds. The molecule has 1 heterocycles. The van der Waals surface area contributed by atoms with Crippen LogP contribution in [0.25, 0.3) is 0 Å². The molecule has 2 rings (SSSR count). The smallest absolute Gasteiger partial charge is 0.407 e. The first kappa shape index (κ1) is 17.5. The Hall–Kier alpha value is -2.90. The summed E-state index contributed by atoms with van der Waals surface area (Å²) in [6.07, 6.45) is -0.638. The van der Waals surface area contributed by atoms with E-state index in [0.717, 1.165) is 10.5 Å². The van der Waals surface area contributed by atoms with Crippen molar-refractivity contribution in [1.29, 1.82) is 0 Å². The summed E-state index contributed by atoms with van der Waals surface area (Å²) in [6.45, 7) is 0.299. The lowest BCUT2D eigenvalue weighted by Crippen LogP contribution is -2.56. The molecule has 8 nitrogen and oxygen atoms in total. The lowest BCUT2D eigenvalue weighted by atomic mass is 10.0. The fraction of sp³-hybridized carbons (Fsp3) is 0.375. The van der Waals surface area contributed by atoms with Crippen LogP contribution in [0.15, 0.2) is 30.3 Å². The summed E-state index contributed by atoms with van der Waals surface area (Å²) in [5.41, 5.74) is 0.825. The monoisotopic (exact) mass is 334 g/mol. The average molecular weight is 334 g/mol. The van der Waals surface area contributed by atoms with Crippen LogP contribution in [-0.2, 0) is 25.7 Å². The Morgan fingerprint density at radius 2 is 1.96 bits per heavy atom. The van der Waals surface area contributed by atoms with E-state index in [2.05, 4.69) is 5.32 Å². The lowest BCUT2D eigenvalue weighted by Gasteiger charge is -2.34. The van der Waals surface area contributed by atoms with Gasteiger partial charge in [-0.05, 0) is 5.56 Å². The first-order valence-electron chi connectivity index (χ1n) is 7.48. The van der Waals surface area contributed by atoms with Gasteiger partial charge in [0, 0.05) is 25.9 Å². The van der Waals surface area contributed by atoms with Gasteiger partial charge in [0.15, 0.2) is 11.8 Å². The van der Waals surface area contributed by atoms with Crippen LogP contribution in [0.1, 0.15) is 18.4 Å². The minimum Gasteiger partial charge on any atom is -0.479 e. The number of hydrogen-bond donors (Lipinski definition) is 2. The zero-order valence-electron chi connectivity index (χ0n) is 12.9. The van der Waals surface area contributed by atoms with Gasteiger partial charge < -0.3 is 20.1 Å². The van der Waals surface area contributed by atoms with Gasteiger partial charge in [-0.1, -0.05) is 30.3 Å². The van der Waals surface area contributed by atoms with Gasteiger partial charge in [0.2, 0.25) is 5.91 Å². The molecule has 0 aromatic heterocycles. The number of aliphatic carboxylic acids is 1. The summed E-state index contributed by atoms with van der Waals surface area (Å²) in [5, 5.41) is 11.5. The fourth-order valence-electron chi connectivity index (χ4n) is 2.25. The maximum atomic E-state index is 12.0. The van der Waals surface area contributed by atoms with Crippen molar-refractivity contribution in [2.75, 3.05) is 13.1 Å². The lowest BCUT2D eigenvalue weighted by molar-refractivity contribution is -0.160. The van der Waals surface area contributed by atoms with E-state index in [9.17, 15) is 19.2 Å². The zero-order valence-corrected chi connectivity index (χ0v) is 12.9. The van der Waals surface area contributed by atoms with Crippen LogP contribution in [0, 0.1) is 0 Å². The summed E-state index contributed by atoms with van der Waals surface area (Å²) in [6, 6.07) is 7.61. The number of nitrogens with zero attached hydrogens (tertiary/aromatic N) is 1. The van der Waals surface area contributed by atoms with Crippen molar-refractivity contribution >= 4 is 23.8 Å². The Bertz CT molecular complexity index is 631. The Balaban J connectivity index is 1.72. The highest BCUT2D eigenvalue weighted by atomic mass is 16.5. The van der Waals surface area contributed by atoms with Gasteiger partial charge in [-0.25, -0.2) is 9.59 Å². The molecule has 0 spiro atoms. The minimum atomic E-state index is -1.48. The quantitative estimate of drug-likeness (QED) is 0.530. The third kappa shape index (κ3) is 4.55. The highest BCUT2D eigenvalue weighted by molar-refractivity contribution is 6.06. The van der Waals surface area contributed by atoms with Crippen molar-refractivity contribution in [1.82, 2.24) is 10.2 Å². The number of Topliss-reactive ketones (excluding diaryl/α,β-unsaturated/α-hetero) is 1. The zero-order chi connectivity index (χ0) is 17.5. The molecule has 0 bridgehead atoms. The number of carboxylic acid groups (broad SMARTS) is 1. The van der Waals surface area contributed by atoms with E-state index in [1.54, 1.807) is 12.1 Å². The van der Waals surface area contributed by atoms with Crippen LogP contribution in [0.3, 0.4) is 0 Å². The number of ketones is 1. The van der Waals surface area contributed by atoms with Crippen LogP contribution in [0.5, 0.6) is 0 Å². The summed E-state index contributed by atoms with van der Waals surface area (Å²) >= 11 is 0. The molecule has 0 aliphatic carbocycles. The third-order valence-electron chi connectivity index (χ3n) is 3.59. The Morgan fingerprint density at radius 3 is 2.50 bits per heavy atom. The second-order valence-electron chi connectivity index (χ2n) is 5.28. The standard InChI is InChI=1S/C16H18N2O6/c19-12(14(15(21)22)18-9-7-13(18)20)6-8-17-16(23)24-10-11-4-2-1-3-5-11/h1-5,14H,6-10H2,(H,17,23)(H,21,22). The molecule has 24 heavy (non-hydrogen) atoms. The summed E-state index contributed by atoms with van der Waals surface area (Å²) in [7, 11) is 0. The number of benzene rings is 1. The van der Waals surface area contributed by atoms with Crippen LogP contribution < -0.4 is 5.32 Å². The maximum absolute atomic E-state index is 12.0. The number of β-lactam (4-membered cyclic amide) rings is 1. The van der Waals surface area contributed by atoms with Crippen molar-refractivity contribution < 1.29 is 29.0 Å². The van der Waals surface area contributed by atoms with E-state index in [-0.39, 0.29) is 38.4 Å². The largest absolute Gasteiger partial charge is 0.479 e. The predicted molar refractivity (Wildman–Crippen MR) is 82.0 cm³/mol. The molecule has 1 atom stereocenters. The fourth-order valence-corrected chi connectivity index (χ4v) is 2.25. The second-order valence-corrected chi connectivity index (χ2v) is 5.28. The van der Waals surface area contributed by atoms with Crippen molar-refractivity contribution in [2.45, 2.75) is 25.5 Å². The normalized spacial score (nSPS) is 14.5. The highest BCUT2D eigenvalue weighted by Gasteiger charge is 2.39. The molecule has 1 saturated heterocycles. The number of carboxylic acids is 1. The molecule has 1 fully saturated rings. The molecule has 2 N–H and O–H groups in total. The van der Waals surface area contributed by atoms with E-state index in [1.165, 1.54) is 0 Å². The van der Waals surface area contributed by atoms with Gasteiger partial charge in [0.1, 0.15) is 6.61 Å². The molecule has 0 radical (unpaired) electrons. The average Bonchev–Trinajstić information content (AvgIpc) is 2.56. The number of ether oxygens (including phenoxy) is 1. The van der Waals surface area contributed by atoms with Gasteiger partial charge in [-0.15, -0.1) is 0 Å². The van der Waals surface area contributed by atoms with Gasteiger partial charge in [0.05, 0.1) is 0 Å². The molecule has 1 aromatic carbocycles. The number of alkyl carbamates (subject to hydrolysis) is 1. The first-order valence-corrected chi connectivity index (χ1v) is 7.48. The van der Waals surface area contributed by atoms with Gasteiger partial charge in [0.25, 0.3) is 0 Å². The predicted octanol–water partition coefficient (Wildman–Crippen LogP) is 0.558. The van der Waals surface area contributed by atoms with Crippen LogP contribution in [-0.4, -0.2) is 52.9 Å². The van der Waals surface area contributed by atoms with E-state index in [0.29, 0.717) is 0 Å². The molecule has 128 valence electrons. The summed E-state index contributed by atoms with van der Waals surface area (Å²) in [4.78, 5) is 47.0. The number of amides is 2. The van der Waals surface area contributed by atoms with E-state index in [1.807, 2.05) is 18.2 Å². The van der Waals surface area contributed by atoms with E-state index < -0.39 is 23.9 Å². The van der Waals surface area contributed by atoms with Gasteiger partial charge >= 0.3 is 12.1 Å². The molecule has 1 unspecified atom stereocenters. The molecule has 0 saturated carbocycles. The number of nitrogens with one attached hydrogen (secondary N) is 1. The number of carbonyl (C=O) groups excluding carboxylic acids is 3. The Morgan fingerprint density at radius 1 is 1.25 bits per heavy atom. The van der Waals surface area contributed by atoms with Gasteiger partial charge in [-0.3, -0.25) is 9.59 Å². The maximum Gasteiger partial charge on any atom is 0.407 e. The SMILES string of the molecule is O=C(NCCC(=O)C(C(=O)O)N1CCC1=O)OCc1ccccc1. The number of rotatable bonds is 8. The van der Waals surface area contributed by atoms with Crippen molar-refractivity contribution in [3.05, 3.63) is 35.9 Å². The summed E-state index contributed by atoms with van der Waals surface area (Å²) in [5.74, 6) is -2.34. The number of likely N-dealkylation sites (tertiary alicyclic amines) is 1. The first-order chi connectivity index (χ1) is 11.5. The second kappa shape index (κ2) is 8.09.